The van der Waals surface area contributed by atoms with Crippen molar-refractivity contribution in [3.05, 3.63) is 16.2 Å². The molecule has 74 valence electrons. The highest BCUT2D eigenvalue weighted by molar-refractivity contribution is 5.78. The molecule has 2 heterocycles. The molecule has 0 bridgehead atoms. The maximum atomic E-state index is 10.9. The minimum absolute atomic E-state index is 0.0969. The van der Waals surface area contributed by atoms with Crippen molar-refractivity contribution in [1.82, 2.24) is 14.6 Å². The van der Waals surface area contributed by atoms with Gasteiger partial charge in [-0.25, -0.2) is 14.4 Å². The largest absolute Gasteiger partial charge is 0.503 e. The fourth-order valence-electron chi connectivity index (χ4n) is 1.32. The van der Waals surface area contributed by atoms with Crippen molar-refractivity contribution in [2.24, 2.45) is 0 Å². The fraction of sp³-hybridized carbons (Fsp3) is 0.143. The van der Waals surface area contributed by atoms with Gasteiger partial charge >= 0.3 is 5.69 Å². The van der Waals surface area contributed by atoms with Crippen LogP contribution in [-0.4, -0.2) is 24.8 Å². The first-order valence-corrected chi connectivity index (χ1v) is 3.81. The Kier molecular flexibility index (Phi) is 1.45. The van der Waals surface area contributed by atoms with E-state index in [0.717, 1.165) is 0 Å². The van der Waals surface area contributed by atoms with E-state index >= 15 is 0 Å². The highest BCUT2D eigenvalue weighted by atomic mass is 16.3. The number of H-pyrrole nitrogens is 1. The summed E-state index contributed by atoms with van der Waals surface area (Å²) < 4.78 is 1.19. The molecule has 0 aliphatic heterocycles. The lowest BCUT2D eigenvalue weighted by molar-refractivity contribution is 0.408. The van der Waals surface area contributed by atoms with Crippen LogP contribution in [0.25, 0.3) is 5.52 Å². The van der Waals surface area contributed by atoms with E-state index < -0.39 is 5.69 Å². The molecule has 0 aliphatic carbocycles. The van der Waals surface area contributed by atoms with E-state index in [1.54, 1.807) is 0 Å². The zero-order chi connectivity index (χ0) is 10.5. The molecule has 7 heteroatoms. The van der Waals surface area contributed by atoms with Crippen molar-refractivity contribution in [2.75, 3.05) is 5.73 Å². The summed E-state index contributed by atoms with van der Waals surface area (Å²) in [7, 11) is 0. The minimum atomic E-state index is -0.645. The number of fused-ring (bicyclic) bond motifs is 1. The Morgan fingerprint density at radius 3 is 2.71 bits per heavy atom. The van der Waals surface area contributed by atoms with E-state index in [-0.39, 0.29) is 22.8 Å². The van der Waals surface area contributed by atoms with Crippen LogP contribution < -0.4 is 11.4 Å². The van der Waals surface area contributed by atoms with Crippen LogP contribution in [0.3, 0.4) is 0 Å². The van der Waals surface area contributed by atoms with Gasteiger partial charge in [0, 0.05) is 0 Å². The zero-order valence-corrected chi connectivity index (χ0v) is 7.27. The molecule has 0 unspecified atom stereocenters. The molecular weight excluding hydrogens is 188 g/mol. The summed E-state index contributed by atoms with van der Waals surface area (Å²) in [6.45, 7) is 1.53. The number of nitrogens with zero attached hydrogens (tertiary/aromatic N) is 2. The van der Waals surface area contributed by atoms with Gasteiger partial charge in [0.2, 0.25) is 0 Å². The van der Waals surface area contributed by atoms with Gasteiger partial charge in [-0.05, 0) is 6.92 Å². The van der Waals surface area contributed by atoms with Crippen LogP contribution in [0.1, 0.15) is 5.69 Å². The summed E-state index contributed by atoms with van der Waals surface area (Å²) in [6, 6.07) is 0. The van der Waals surface area contributed by atoms with Crippen molar-refractivity contribution < 1.29 is 10.2 Å². The standard InChI is InChI=1S/C7H8N4O3/c1-2-4(12)5(13)3-6(8)9-7(14)10-11(2)3/h12-13H,1H3,(H3,8,9,10,14). The summed E-state index contributed by atoms with van der Waals surface area (Å²) in [5.74, 6) is -0.834. The number of hydrogen-bond donors (Lipinski definition) is 4. The number of aromatic hydroxyl groups is 2. The molecule has 14 heavy (non-hydrogen) atoms. The molecule has 2 aromatic heterocycles. The van der Waals surface area contributed by atoms with Crippen LogP contribution in [0.15, 0.2) is 4.79 Å². The second-order valence-corrected chi connectivity index (χ2v) is 2.88. The lowest BCUT2D eigenvalue weighted by atomic mass is 10.4. The van der Waals surface area contributed by atoms with Gasteiger partial charge in [0.05, 0.1) is 5.69 Å². The number of aryl methyl sites for hydroxylation is 1. The average Bonchev–Trinajstić information content (AvgIpc) is 2.31. The van der Waals surface area contributed by atoms with Gasteiger partial charge in [0.1, 0.15) is 0 Å². The molecule has 5 N–H and O–H groups in total. The predicted octanol–water partition coefficient (Wildman–Crippen LogP) is -0.676. The number of aromatic nitrogens is 3. The first kappa shape index (κ1) is 8.42. The Morgan fingerprint density at radius 2 is 2.07 bits per heavy atom. The number of anilines is 1. The third kappa shape index (κ3) is 0.859. The molecule has 0 amide bonds. The normalized spacial score (nSPS) is 10.9. The number of nitrogens with one attached hydrogen (secondary N) is 1. The second-order valence-electron chi connectivity index (χ2n) is 2.88. The van der Waals surface area contributed by atoms with E-state index in [2.05, 4.69) is 10.1 Å². The van der Waals surface area contributed by atoms with Crippen LogP contribution in [0.4, 0.5) is 5.82 Å². The topological polar surface area (TPSA) is 117 Å². The first-order chi connectivity index (χ1) is 6.52. The fourth-order valence-corrected chi connectivity index (χ4v) is 1.32. The molecule has 0 saturated heterocycles. The SMILES string of the molecule is Cc1c(O)c(O)c2c(N)nc(=O)[nH]n12. The van der Waals surface area contributed by atoms with Crippen molar-refractivity contribution in [2.45, 2.75) is 6.92 Å². The molecule has 2 rings (SSSR count). The number of rotatable bonds is 0. The molecule has 0 aromatic carbocycles. The Labute approximate surface area is 77.4 Å². The molecule has 0 spiro atoms. The smallest absolute Gasteiger partial charge is 0.362 e. The molecule has 0 aliphatic rings. The average molecular weight is 196 g/mol. The Hall–Kier alpha value is -2.18. The number of nitrogens with two attached hydrogens (primary N) is 1. The minimum Gasteiger partial charge on any atom is -0.503 e. The van der Waals surface area contributed by atoms with Crippen LogP contribution in [0.5, 0.6) is 11.5 Å². The molecule has 0 atom stereocenters. The van der Waals surface area contributed by atoms with E-state index in [0.29, 0.717) is 5.69 Å². The third-order valence-electron chi connectivity index (χ3n) is 2.02. The van der Waals surface area contributed by atoms with Gasteiger partial charge < -0.3 is 15.9 Å². The van der Waals surface area contributed by atoms with E-state index in [1.807, 2.05) is 0 Å². The predicted molar refractivity (Wildman–Crippen MR) is 48.3 cm³/mol. The van der Waals surface area contributed by atoms with Crippen molar-refractivity contribution in [1.29, 1.82) is 0 Å². The molecule has 2 aromatic rings. The number of hydrogen-bond acceptors (Lipinski definition) is 5. The van der Waals surface area contributed by atoms with Crippen LogP contribution in [-0.2, 0) is 0 Å². The van der Waals surface area contributed by atoms with Gasteiger partial charge in [-0.3, -0.25) is 0 Å². The number of aromatic amines is 1. The van der Waals surface area contributed by atoms with Gasteiger partial charge in [0.15, 0.2) is 22.8 Å². The summed E-state index contributed by atoms with van der Waals surface area (Å²) >= 11 is 0. The maximum Gasteiger partial charge on any atom is 0.362 e. The van der Waals surface area contributed by atoms with Gasteiger partial charge in [-0.15, -0.1) is 0 Å². The highest BCUT2D eigenvalue weighted by Gasteiger charge is 2.17. The Bertz CT molecular complexity index is 568. The second kappa shape index (κ2) is 2.41. The Morgan fingerprint density at radius 1 is 1.43 bits per heavy atom. The first-order valence-electron chi connectivity index (χ1n) is 3.81. The summed E-state index contributed by atoms with van der Waals surface area (Å²) in [5.41, 5.74) is 5.16. The van der Waals surface area contributed by atoms with Gasteiger partial charge in [-0.1, -0.05) is 0 Å². The van der Waals surface area contributed by atoms with Crippen molar-refractivity contribution in [3.63, 3.8) is 0 Å². The zero-order valence-electron chi connectivity index (χ0n) is 7.27. The summed E-state index contributed by atoms with van der Waals surface area (Å²) in [6.07, 6.45) is 0. The van der Waals surface area contributed by atoms with E-state index in [4.69, 9.17) is 5.73 Å². The quantitative estimate of drug-likeness (QED) is 0.445. The maximum absolute atomic E-state index is 10.9. The lowest BCUT2D eigenvalue weighted by Gasteiger charge is -1.98. The number of nitrogen functional groups attached to an aromatic ring is 1. The molecule has 7 nitrogen and oxygen atoms in total. The van der Waals surface area contributed by atoms with Gasteiger partial charge in [0.25, 0.3) is 0 Å². The van der Waals surface area contributed by atoms with Gasteiger partial charge in [-0.2, -0.15) is 4.98 Å². The molecule has 0 radical (unpaired) electrons. The third-order valence-corrected chi connectivity index (χ3v) is 2.02. The van der Waals surface area contributed by atoms with Crippen molar-refractivity contribution in [3.8, 4) is 11.5 Å². The molecule has 0 fully saturated rings. The van der Waals surface area contributed by atoms with E-state index in [9.17, 15) is 15.0 Å². The lowest BCUT2D eigenvalue weighted by Crippen LogP contribution is -2.17. The van der Waals surface area contributed by atoms with Crippen molar-refractivity contribution >= 4 is 11.3 Å². The monoisotopic (exact) mass is 196 g/mol. The van der Waals surface area contributed by atoms with Crippen LogP contribution in [0.2, 0.25) is 0 Å². The van der Waals surface area contributed by atoms with Crippen LogP contribution in [0, 0.1) is 6.92 Å². The van der Waals surface area contributed by atoms with E-state index in [1.165, 1.54) is 11.4 Å². The molecule has 0 saturated carbocycles. The van der Waals surface area contributed by atoms with Crippen LogP contribution >= 0.6 is 0 Å². The Balaban J connectivity index is 3.10. The molecular formula is C7H8N4O3. The summed E-state index contributed by atoms with van der Waals surface area (Å²) in [5, 5.41) is 21.1. The summed E-state index contributed by atoms with van der Waals surface area (Å²) in [4.78, 5) is 14.3. The highest BCUT2D eigenvalue weighted by Crippen LogP contribution is 2.36.